The average Bonchev–Trinajstić information content (AvgIpc) is 2.77. The summed E-state index contributed by atoms with van der Waals surface area (Å²) in [6.07, 6.45) is 1.26. The monoisotopic (exact) mass is 316 g/mol. The first kappa shape index (κ1) is 14.5. The van der Waals surface area contributed by atoms with Crippen LogP contribution >= 0.6 is 22.9 Å². The van der Waals surface area contributed by atoms with Gasteiger partial charge in [0.2, 0.25) is 0 Å². The van der Waals surface area contributed by atoms with Gasteiger partial charge in [-0.05, 0) is 19.4 Å². The summed E-state index contributed by atoms with van der Waals surface area (Å²) in [6, 6.07) is 9.38. The molecule has 0 bridgehead atoms. The molecule has 7 heteroatoms. The van der Waals surface area contributed by atoms with Gasteiger partial charge in [0.05, 0.1) is 11.7 Å². The van der Waals surface area contributed by atoms with Gasteiger partial charge in [-0.25, -0.2) is 18.1 Å². The van der Waals surface area contributed by atoms with E-state index in [1.807, 2.05) is 44.2 Å². The maximum Gasteiger partial charge on any atom is 0.252 e. The standard InChI is InChI=1S/C12H13ClN2O2S2/c1-12(2,9-6-4-3-5-7-9)15-19(16,17)10-8-14-11(13)18-10/h3-8,15H,1-2H3. The van der Waals surface area contributed by atoms with Crippen molar-refractivity contribution in [1.82, 2.24) is 9.71 Å². The zero-order chi connectivity index (χ0) is 14.1. The number of rotatable bonds is 4. The van der Waals surface area contributed by atoms with Crippen molar-refractivity contribution in [3.05, 3.63) is 46.6 Å². The summed E-state index contributed by atoms with van der Waals surface area (Å²) < 4.78 is 27.5. The first-order chi connectivity index (χ1) is 8.81. The lowest BCUT2D eigenvalue weighted by Gasteiger charge is -2.26. The van der Waals surface area contributed by atoms with Gasteiger partial charge < -0.3 is 0 Å². The summed E-state index contributed by atoms with van der Waals surface area (Å²) in [4.78, 5) is 3.75. The van der Waals surface area contributed by atoms with Gasteiger partial charge in [-0.1, -0.05) is 53.3 Å². The van der Waals surface area contributed by atoms with Gasteiger partial charge in [-0.15, -0.1) is 0 Å². The summed E-state index contributed by atoms with van der Waals surface area (Å²) >= 11 is 6.60. The van der Waals surface area contributed by atoms with E-state index in [0.29, 0.717) is 0 Å². The summed E-state index contributed by atoms with van der Waals surface area (Å²) in [5.41, 5.74) is 0.172. The summed E-state index contributed by atoms with van der Waals surface area (Å²) in [5.74, 6) is 0. The molecule has 0 radical (unpaired) electrons. The molecule has 0 aliphatic heterocycles. The third-order valence-electron chi connectivity index (χ3n) is 2.61. The maximum atomic E-state index is 12.2. The molecule has 0 saturated carbocycles. The van der Waals surface area contributed by atoms with Crippen molar-refractivity contribution in [2.45, 2.75) is 23.6 Å². The third kappa shape index (κ3) is 3.33. The van der Waals surface area contributed by atoms with Crippen molar-refractivity contribution in [2.24, 2.45) is 0 Å². The Kier molecular flexibility index (Phi) is 3.96. The molecule has 1 N–H and O–H groups in total. The highest BCUT2D eigenvalue weighted by Crippen LogP contribution is 2.26. The van der Waals surface area contributed by atoms with E-state index in [0.717, 1.165) is 16.9 Å². The van der Waals surface area contributed by atoms with Crippen LogP contribution in [-0.2, 0) is 15.6 Å². The molecule has 2 rings (SSSR count). The smallest absolute Gasteiger partial charge is 0.232 e. The molecule has 0 unspecified atom stereocenters. The zero-order valence-electron chi connectivity index (χ0n) is 10.4. The fourth-order valence-corrected chi connectivity index (χ4v) is 4.36. The number of aromatic nitrogens is 1. The quantitative estimate of drug-likeness (QED) is 0.943. The largest absolute Gasteiger partial charge is 0.252 e. The molecule has 0 aliphatic rings. The minimum atomic E-state index is -3.62. The van der Waals surface area contributed by atoms with Crippen molar-refractivity contribution in [2.75, 3.05) is 0 Å². The van der Waals surface area contributed by atoms with Crippen LogP contribution in [0.3, 0.4) is 0 Å². The molecule has 1 aromatic heterocycles. The van der Waals surface area contributed by atoms with Crippen molar-refractivity contribution in [1.29, 1.82) is 0 Å². The fraction of sp³-hybridized carbons (Fsp3) is 0.250. The van der Waals surface area contributed by atoms with Gasteiger partial charge in [0.1, 0.15) is 0 Å². The third-order valence-corrected chi connectivity index (χ3v) is 5.84. The Labute approximate surface area is 121 Å². The number of nitrogens with one attached hydrogen (secondary N) is 1. The van der Waals surface area contributed by atoms with Gasteiger partial charge in [0.15, 0.2) is 8.68 Å². The van der Waals surface area contributed by atoms with Crippen molar-refractivity contribution >= 4 is 33.0 Å². The normalized spacial score (nSPS) is 12.6. The van der Waals surface area contributed by atoms with Gasteiger partial charge in [0.25, 0.3) is 10.0 Å². The molecule has 102 valence electrons. The van der Waals surface area contributed by atoms with E-state index in [-0.39, 0.29) is 8.68 Å². The van der Waals surface area contributed by atoms with Crippen LogP contribution in [0.4, 0.5) is 0 Å². The van der Waals surface area contributed by atoms with Crippen LogP contribution in [0.1, 0.15) is 19.4 Å². The number of hydrogen-bond acceptors (Lipinski definition) is 4. The number of hydrogen-bond donors (Lipinski definition) is 1. The van der Waals surface area contributed by atoms with Crippen LogP contribution in [0, 0.1) is 0 Å². The minimum Gasteiger partial charge on any atom is -0.232 e. The number of thiazole rings is 1. The Morgan fingerprint density at radius 3 is 2.42 bits per heavy atom. The second-order valence-corrected chi connectivity index (χ2v) is 8.05. The van der Waals surface area contributed by atoms with Gasteiger partial charge in [-0.2, -0.15) is 0 Å². The van der Waals surface area contributed by atoms with Crippen LogP contribution in [0.5, 0.6) is 0 Å². The Morgan fingerprint density at radius 1 is 1.26 bits per heavy atom. The second-order valence-electron chi connectivity index (χ2n) is 4.53. The lowest BCUT2D eigenvalue weighted by molar-refractivity contribution is 0.473. The van der Waals surface area contributed by atoms with E-state index in [4.69, 9.17) is 11.6 Å². The number of benzene rings is 1. The van der Waals surface area contributed by atoms with Gasteiger partial charge >= 0.3 is 0 Å². The Hall–Kier alpha value is -0.950. The van der Waals surface area contributed by atoms with Crippen molar-refractivity contribution in [3.8, 4) is 0 Å². The second kappa shape index (κ2) is 5.20. The van der Waals surface area contributed by atoms with Gasteiger partial charge in [0, 0.05) is 0 Å². The molecule has 0 saturated heterocycles. The molecule has 0 aliphatic carbocycles. The average molecular weight is 317 g/mol. The highest BCUT2D eigenvalue weighted by Gasteiger charge is 2.29. The molecular weight excluding hydrogens is 304 g/mol. The van der Waals surface area contributed by atoms with E-state index < -0.39 is 15.6 Å². The predicted octanol–water partition coefficient (Wildman–Crippen LogP) is 3.01. The molecule has 2 aromatic rings. The zero-order valence-corrected chi connectivity index (χ0v) is 12.8. The Morgan fingerprint density at radius 2 is 1.89 bits per heavy atom. The van der Waals surface area contributed by atoms with Gasteiger partial charge in [-0.3, -0.25) is 0 Å². The summed E-state index contributed by atoms with van der Waals surface area (Å²) in [7, 11) is -3.62. The fourth-order valence-electron chi connectivity index (χ4n) is 1.66. The molecule has 4 nitrogen and oxygen atoms in total. The predicted molar refractivity (Wildman–Crippen MR) is 76.9 cm³/mol. The Bertz CT molecular complexity index is 666. The van der Waals surface area contributed by atoms with E-state index in [9.17, 15) is 8.42 Å². The first-order valence-electron chi connectivity index (χ1n) is 5.52. The lowest BCUT2D eigenvalue weighted by atomic mass is 9.96. The SMILES string of the molecule is CC(C)(NS(=O)(=O)c1cnc(Cl)s1)c1ccccc1. The van der Waals surface area contributed by atoms with Crippen LogP contribution < -0.4 is 4.72 Å². The molecule has 1 heterocycles. The summed E-state index contributed by atoms with van der Waals surface area (Å²) in [6.45, 7) is 3.62. The van der Waals surface area contributed by atoms with Crippen molar-refractivity contribution < 1.29 is 8.42 Å². The molecule has 0 atom stereocenters. The maximum absolute atomic E-state index is 12.2. The van der Waals surface area contributed by atoms with E-state index in [2.05, 4.69) is 9.71 Å². The van der Waals surface area contributed by atoms with E-state index in [1.54, 1.807) is 0 Å². The Balaban J connectivity index is 2.30. The van der Waals surface area contributed by atoms with E-state index >= 15 is 0 Å². The molecule has 0 amide bonds. The number of halogens is 1. The molecule has 1 aromatic carbocycles. The lowest BCUT2D eigenvalue weighted by Crippen LogP contribution is -2.40. The van der Waals surface area contributed by atoms with Crippen molar-refractivity contribution in [3.63, 3.8) is 0 Å². The highest BCUT2D eigenvalue weighted by molar-refractivity contribution is 7.91. The minimum absolute atomic E-state index is 0.113. The first-order valence-corrected chi connectivity index (χ1v) is 8.20. The molecular formula is C12H13ClN2O2S2. The van der Waals surface area contributed by atoms with Crippen LogP contribution in [0.2, 0.25) is 4.47 Å². The van der Waals surface area contributed by atoms with Crippen LogP contribution in [-0.4, -0.2) is 13.4 Å². The topological polar surface area (TPSA) is 59.1 Å². The number of sulfonamides is 1. The summed E-state index contributed by atoms with van der Waals surface area (Å²) in [5, 5.41) is 0. The van der Waals surface area contributed by atoms with Crippen LogP contribution in [0.15, 0.2) is 40.7 Å². The highest BCUT2D eigenvalue weighted by atomic mass is 35.5. The van der Waals surface area contributed by atoms with E-state index in [1.165, 1.54) is 6.20 Å². The number of nitrogens with zero attached hydrogens (tertiary/aromatic N) is 1. The molecule has 19 heavy (non-hydrogen) atoms. The molecule has 0 spiro atoms. The molecule has 0 fully saturated rings. The van der Waals surface area contributed by atoms with Crippen LogP contribution in [0.25, 0.3) is 0 Å².